The van der Waals surface area contributed by atoms with Gasteiger partial charge in [0, 0.05) is 17.3 Å². The molecule has 0 saturated heterocycles. The van der Waals surface area contributed by atoms with Gasteiger partial charge in [0.2, 0.25) is 5.91 Å². The summed E-state index contributed by atoms with van der Waals surface area (Å²) in [5, 5.41) is 7.20. The van der Waals surface area contributed by atoms with E-state index in [-0.39, 0.29) is 24.1 Å². The normalized spacial score (nSPS) is 11.7. The third kappa shape index (κ3) is 2.76. The van der Waals surface area contributed by atoms with E-state index in [9.17, 15) is 9.59 Å². The summed E-state index contributed by atoms with van der Waals surface area (Å²) in [5.41, 5.74) is 1.36. The molecule has 0 aliphatic carbocycles. The van der Waals surface area contributed by atoms with E-state index in [2.05, 4.69) is 16.5 Å². The highest BCUT2D eigenvalue weighted by Gasteiger charge is 2.16. The second-order valence-electron chi connectivity index (χ2n) is 5.93. The fourth-order valence-electron chi connectivity index (χ4n) is 2.75. The number of aromatic nitrogens is 3. The number of carbonyl (C=O) groups excluding carboxylic acids is 1. The Kier molecular flexibility index (Phi) is 3.97. The third-order valence-corrected chi connectivity index (χ3v) is 4.61. The molecule has 0 aliphatic rings. The van der Waals surface area contributed by atoms with E-state index >= 15 is 0 Å². The van der Waals surface area contributed by atoms with Crippen LogP contribution in [-0.2, 0) is 17.8 Å². The van der Waals surface area contributed by atoms with Gasteiger partial charge in [-0.05, 0) is 32.9 Å². The molecule has 122 valence electrons. The Labute approximate surface area is 137 Å². The van der Waals surface area contributed by atoms with Crippen LogP contribution in [-0.4, -0.2) is 26.1 Å². The Balaban J connectivity index is 2.16. The lowest BCUT2D eigenvalue weighted by Gasteiger charge is -2.11. The topological polar surface area (TPSA) is 68.4 Å². The molecule has 3 rings (SSSR count). The SMILES string of the molecule is CCc1nn(CC(=O)NC(C)C)c(=O)c2cc3sc(C)cc3n12. The van der Waals surface area contributed by atoms with Crippen molar-refractivity contribution in [2.75, 3.05) is 0 Å². The lowest BCUT2D eigenvalue weighted by molar-refractivity contribution is -0.122. The first-order valence-corrected chi connectivity index (χ1v) is 8.53. The number of fused-ring (bicyclic) bond motifs is 3. The van der Waals surface area contributed by atoms with E-state index < -0.39 is 0 Å². The van der Waals surface area contributed by atoms with Crippen LogP contribution in [0.15, 0.2) is 16.9 Å². The van der Waals surface area contributed by atoms with Crippen molar-refractivity contribution in [3.63, 3.8) is 0 Å². The number of amides is 1. The second kappa shape index (κ2) is 5.81. The van der Waals surface area contributed by atoms with Crippen molar-refractivity contribution in [3.8, 4) is 0 Å². The van der Waals surface area contributed by atoms with Crippen LogP contribution in [0.3, 0.4) is 0 Å². The molecule has 7 heteroatoms. The summed E-state index contributed by atoms with van der Waals surface area (Å²) in [5.74, 6) is 0.579. The van der Waals surface area contributed by atoms with Crippen molar-refractivity contribution in [1.29, 1.82) is 0 Å². The Hall–Kier alpha value is -2.15. The van der Waals surface area contributed by atoms with Gasteiger partial charge in [-0.25, -0.2) is 4.68 Å². The standard InChI is InChI=1S/C16H20N4O2S/c1-5-14-18-19(8-15(21)17-9(2)3)16(22)12-7-13-11(20(12)14)6-10(4)23-13/h6-7,9H,5,8H2,1-4H3,(H,17,21). The number of hydrogen-bond acceptors (Lipinski definition) is 4. The van der Waals surface area contributed by atoms with Crippen molar-refractivity contribution in [3.05, 3.63) is 33.2 Å². The van der Waals surface area contributed by atoms with Crippen LogP contribution in [0.5, 0.6) is 0 Å². The van der Waals surface area contributed by atoms with Crippen LogP contribution in [0, 0.1) is 6.92 Å². The predicted molar refractivity (Wildman–Crippen MR) is 92.2 cm³/mol. The monoisotopic (exact) mass is 332 g/mol. The minimum atomic E-state index is -0.234. The zero-order valence-electron chi connectivity index (χ0n) is 13.7. The molecule has 1 amide bonds. The molecule has 0 fully saturated rings. The summed E-state index contributed by atoms with van der Waals surface area (Å²) < 4.78 is 4.25. The highest BCUT2D eigenvalue weighted by molar-refractivity contribution is 7.19. The van der Waals surface area contributed by atoms with E-state index in [4.69, 9.17) is 0 Å². The Morgan fingerprint density at radius 3 is 2.74 bits per heavy atom. The number of hydrogen-bond donors (Lipinski definition) is 1. The number of rotatable bonds is 4. The van der Waals surface area contributed by atoms with Crippen LogP contribution < -0.4 is 10.9 Å². The van der Waals surface area contributed by atoms with Gasteiger partial charge in [0.15, 0.2) is 0 Å². The zero-order chi connectivity index (χ0) is 16.7. The fraction of sp³-hybridized carbons (Fsp3) is 0.438. The molecule has 0 bridgehead atoms. The van der Waals surface area contributed by atoms with E-state index in [0.29, 0.717) is 11.9 Å². The van der Waals surface area contributed by atoms with Gasteiger partial charge >= 0.3 is 0 Å². The number of thiophene rings is 1. The molecule has 0 radical (unpaired) electrons. The first-order valence-electron chi connectivity index (χ1n) is 7.71. The summed E-state index contributed by atoms with van der Waals surface area (Å²) in [6.45, 7) is 7.76. The summed E-state index contributed by atoms with van der Waals surface area (Å²) in [7, 11) is 0. The molecule has 0 saturated carbocycles. The number of nitrogens with zero attached hydrogens (tertiary/aromatic N) is 3. The Morgan fingerprint density at radius 1 is 1.35 bits per heavy atom. The van der Waals surface area contributed by atoms with Gasteiger partial charge in [-0.3, -0.25) is 14.0 Å². The quantitative estimate of drug-likeness (QED) is 0.795. The average Bonchev–Trinajstić information content (AvgIpc) is 2.97. The van der Waals surface area contributed by atoms with E-state index in [1.807, 2.05) is 38.2 Å². The van der Waals surface area contributed by atoms with Crippen molar-refractivity contribution in [2.45, 2.75) is 46.7 Å². The smallest absolute Gasteiger partial charge is 0.291 e. The van der Waals surface area contributed by atoms with Crippen LogP contribution in [0.1, 0.15) is 31.5 Å². The van der Waals surface area contributed by atoms with E-state index in [1.54, 1.807) is 11.3 Å². The Bertz CT molecular complexity index is 948. The van der Waals surface area contributed by atoms with Crippen LogP contribution in [0.25, 0.3) is 15.7 Å². The maximum Gasteiger partial charge on any atom is 0.291 e. The first kappa shape index (κ1) is 15.7. The van der Waals surface area contributed by atoms with Crippen molar-refractivity contribution < 1.29 is 4.79 Å². The lowest BCUT2D eigenvalue weighted by atomic mass is 10.4. The molecule has 0 spiro atoms. The Morgan fingerprint density at radius 2 is 2.09 bits per heavy atom. The summed E-state index contributed by atoms with van der Waals surface area (Å²) in [4.78, 5) is 25.8. The summed E-state index contributed by atoms with van der Waals surface area (Å²) >= 11 is 1.66. The highest BCUT2D eigenvalue weighted by atomic mass is 32.1. The number of aryl methyl sites for hydroxylation is 2. The molecule has 3 aromatic heterocycles. The van der Waals surface area contributed by atoms with Crippen LogP contribution in [0.2, 0.25) is 0 Å². The molecular formula is C16H20N4O2S. The fourth-order valence-corrected chi connectivity index (χ4v) is 3.70. The van der Waals surface area contributed by atoms with E-state index in [0.717, 1.165) is 16.0 Å². The van der Waals surface area contributed by atoms with Crippen LogP contribution in [0.4, 0.5) is 0 Å². The molecule has 0 unspecified atom stereocenters. The third-order valence-electron chi connectivity index (χ3n) is 3.62. The van der Waals surface area contributed by atoms with Crippen molar-refractivity contribution >= 4 is 33.0 Å². The molecule has 0 aromatic carbocycles. The van der Waals surface area contributed by atoms with Gasteiger partial charge < -0.3 is 5.32 Å². The predicted octanol–water partition coefficient (Wildman–Crippen LogP) is 2.11. The van der Waals surface area contributed by atoms with Gasteiger partial charge in [0.05, 0.1) is 10.2 Å². The zero-order valence-corrected chi connectivity index (χ0v) is 14.5. The van der Waals surface area contributed by atoms with Crippen molar-refractivity contribution in [1.82, 2.24) is 19.5 Å². The molecule has 3 aromatic rings. The molecule has 0 atom stereocenters. The van der Waals surface area contributed by atoms with Gasteiger partial charge in [-0.15, -0.1) is 11.3 Å². The summed E-state index contributed by atoms with van der Waals surface area (Å²) in [6, 6.07) is 4.00. The molecule has 3 heterocycles. The summed E-state index contributed by atoms with van der Waals surface area (Å²) in [6.07, 6.45) is 0.682. The van der Waals surface area contributed by atoms with Crippen LogP contribution >= 0.6 is 11.3 Å². The minimum absolute atomic E-state index is 0.0363. The average molecular weight is 332 g/mol. The minimum Gasteiger partial charge on any atom is -0.352 e. The number of carbonyl (C=O) groups is 1. The second-order valence-corrected chi connectivity index (χ2v) is 7.21. The maximum atomic E-state index is 12.7. The lowest BCUT2D eigenvalue weighted by Crippen LogP contribution is -2.37. The molecule has 6 nitrogen and oxygen atoms in total. The molecule has 0 aliphatic heterocycles. The first-order chi connectivity index (χ1) is 10.9. The molecular weight excluding hydrogens is 312 g/mol. The van der Waals surface area contributed by atoms with Crippen molar-refractivity contribution in [2.24, 2.45) is 0 Å². The molecule has 23 heavy (non-hydrogen) atoms. The van der Waals surface area contributed by atoms with Gasteiger partial charge in [-0.2, -0.15) is 5.10 Å². The highest BCUT2D eigenvalue weighted by Crippen LogP contribution is 2.28. The largest absolute Gasteiger partial charge is 0.352 e. The van der Waals surface area contributed by atoms with E-state index in [1.165, 1.54) is 9.56 Å². The maximum absolute atomic E-state index is 12.7. The van der Waals surface area contributed by atoms with Gasteiger partial charge in [-0.1, -0.05) is 6.92 Å². The molecule has 1 N–H and O–H groups in total. The van der Waals surface area contributed by atoms with Gasteiger partial charge in [0.25, 0.3) is 5.56 Å². The van der Waals surface area contributed by atoms with Gasteiger partial charge in [0.1, 0.15) is 17.9 Å². The number of nitrogens with one attached hydrogen (secondary N) is 1.